The molecule has 0 bridgehead atoms. The summed E-state index contributed by atoms with van der Waals surface area (Å²) >= 11 is 1.01. The van der Waals surface area contributed by atoms with Gasteiger partial charge in [-0.1, -0.05) is 55.0 Å². The molecule has 0 aliphatic carbocycles. The van der Waals surface area contributed by atoms with E-state index in [0.29, 0.717) is 22.2 Å². The first-order chi connectivity index (χ1) is 13.7. The van der Waals surface area contributed by atoms with Gasteiger partial charge < -0.3 is 5.32 Å². The molecule has 1 amide bonds. The van der Waals surface area contributed by atoms with Crippen LogP contribution in [0.2, 0.25) is 0 Å². The number of aryl methyl sites for hydroxylation is 2. The minimum Gasteiger partial charge on any atom is -0.321 e. The van der Waals surface area contributed by atoms with Crippen LogP contribution < -0.4 is 10.0 Å². The van der Waals surface area contributed by atoms with E-state index in [1.165, 1.54) is 17.7 Å². The number of carbonyl (C=O) groups is 1. The van der Waals surface area contributed by atoms with Crippen molar-refractivity contribution < 1.29 is 13.2 Å². The van der Waals surface area contributed by atoms with Crippen LogP contribution in [-0.2, 0) is 10.0 Å². The number of hydrogen-bond acceptors (Lipinski definition) is 5. The van der Waals surface area contributed by atoms with E-state index in [9.17, 15) is 13.2 Å². The predicted octanol–water partition coefficient (Wildman–Crippen LogP) is 4.94. The molecule has 0 fully saturated rings. The number of aromatic nitrogens is 1. The highest BCUT2D eigenvalue weighted by molar-refractivity contribution is 7.93. The fourth-order valence-corrected chi connectivity index (χ4v) is 4.78. The molecule has 2 N–H and O–H groups in total. The lowest BCUT2D eigenvalue weighted by atomic mass is 10.0. The van der Waals surface area contributed by atoms with E-state index < -0.39 is 10.0 Å². The summed E-state index contributed by atoms with van der Waals surface area (Å²) in [6.45, 7) is 7.77. The summed E-state index contributed by atoms with van der Waals surface area (Å²) in [5.74, 6) is 0.0886. The quantitative estimate of drug-likeness (QED) is 0.581. The highest BCUT2D eigenvalue weighted by Gasteiger charge is 2.20. The number of carbonyl (C=O) groups excluding carboxylic acids is 1. The second kappa shape index (κ2) is 8.34. The molecule has 1 aromatic heterocycles. The lowest BCUT2D eigenvalue weighted by Crippen LogP contribution is -2.12. The Kier molecular flexibility index (Phi) is 6.04. The van der Waals surface area contributed by atoms with Crippen molar-refractivity contribution in [1.29, 1.82) is 0 Å². The van der Waals surface area contributed by atoms with Crippen molar-refractivity contribution in [2.75, 3.05) is 10.0 Å². The molecule has 29 heavy (non-hydrogen) atoms. The summed E-state index contributed by atoms with van der Waals surface area (Å²) in [5, 5.41) is 2.99. The average Bonchev–Trinajstić information content (AvgIpc) is 3.02. The normalized spacial score (nSPS) is 11.5. The van der Waals surface area contributed by atoms with Gasteiger partial charge in [0.1, 0.15) is 4.88 Å². The van der Waals surface area contributed by atoms with Crippen molar-refractivity contribution in [3.63, 3.8) is 0 Å². The molecule has 0 saturated carbocycles. The van der Waals surface area contributed by atoms with Crippen LogP contribution in [0.3, 0.4) is 0 Å². The van der Waals surface area contributed by atoms with E-state index in [2.05, 4.69) is 28.9 Å². The van der Waals surface area contributed by atoms with E-state index >= 15 is 0 Å². The van der Waals surface area contributed by atoms with Crippen molar-refractivity contribution in [2.45, 2.75) is 38.5 Å². The summed E-state index contributed by atoms with van der Waals surface area (Å²) in [6.07, 6.45) is 0. The van der Waals surface area contributed by atoms with Gasteiger partial charge >= 0.3 is 0 Å². The Hall–Kier alpha value is -2.71. The van der Waals surface area contributed by atoms with Gasteiger partial charge in [0.05, 0.1) is 10.6 Å². The number of sulfonamides is 1. The second-order valence-corrected chi connectivity index (χ2v) is 9.76. The largest absolute Gasteiger partial charge is 0.321 e. The van der Waals surface area contributed by atoms with E-state index in [1.54, 1.807) is 19.1 Å². The van der Waals surface area contributed by atoms with E-state index in [0.717, 1.165) is 16.9 Å². The molecule has 6 nitrogen and oxygen atoms in total. The third-order valence-corrected chi connectivity index (χ3v) is 6.95. The minimum absolute atomic E-state index is 0.146. The maximum absolute atomic E-state index is 12.6. The predicted molar refractivity (Wildman–Crippen MR) is 117 cm³/mol. The number of nitrogens with one attached hydrogen (secondary N) is 2. The van der Waals surface area contributed by atoms with Gasteiger partial charge in [-0.2, -0.15) is 0 Å². The Morgan fingerprint density at radius 3 is 2.21 bits per heavy atom. The van der Waals surface area contributed by atoms with Crippen molar-refractivity contribution in [3.8, 4) is 0 Å². The molecule has 0 aliphatic rings. The van der Waals surface area contributed by atoms with Crippen molar-refractivity contribution in [1.82, 2.24) is 4.98 Å². The minimum atomic E-state index is -3.76. The standard InChI is InChI=1S/C21H23N3O3S2/c1-13(2)16-7-9-17(10-8-16)23-20(25)19-15(4)22-21(28-19)24-29(26,27)18-11-5-14(3)6-12-18/h5-13H,1-4H3,(H,22,24)(H,23,25). The molecular formula is C21H23N3O3S2. The van der Waals surface area contributed by atoms with Gasteiger partial charge in [0.25, 0.3) is 15.9 Å². The third-order valence-electron chi connectivity index (χ3n) is 4.39. The summed E-state index contributed by atoms with van der Waals surface area (Å²) in [4.78, 5) is 17.3. The van der Waals surface area contributed by atoms with Crippen LogP contribution in [0.25, 0.3) is 0 Å². The summed E-state index contributed by atoms with van der Waals surface area (Å²) in [6, 6.07) is 14.2. The fraction of sp³-hybridized carbons (Fsp3) is 0.238. The lowest BCUT2D eigenvalue weighted by Gasteiger charge is -2.08. The first kappa shape index (κ1) is 21.0. The highest BCUT2D eigenvalue weighted by atomic mass is 32.2. The van der Waals surface area contributed by atoms with Crippen LogP contribution >= 0.6 is 11.3 Å². The monoisotopic (exact) mass is 429 g/mol. The first-order valence-corrected chi connectivity index (χ1v) is 11.4. The Morgan fingerprint density at radius 1 is 1.00 bits per heavy atom. The van der Waals surface area contributed by atoms with E-state index in [1.807, 2.05) is 31.2 Å². The van der Waals surface area contributed by atoms with Gasteiger partial charge in [-0.05, 0) is 49.6 Å². The van der Waals surface area contributed by atoms with Crippen LogP contribution in [-0.4, -0.2) is 19.3 Å². The van der Waals surface area contributed by atoms with Gasteiger partial charge in [0.15, 0.2) is 5.13 Å². The van der Waals surface area contributed by atoms with Gasteiger partial charge in [0, 0.05) is 5.69 Å². The number of thiazole rings is 1. The molecule has 0 aliphatic heterocycles. The molecule has 3 rings (SSSR count). The zero-order valence-electron chi connectivity index (χ0n) is 16.7. The Balaban J connectivity index is 1.75. The molecule has 0 saturated heterocycles. The van der Waals surface area contributed by atoms with E-state index in [-0.39, 0.29) is 15.9 Å². The SMILES string of the molecule is Cc1ccc(S(=O)(=O)Nc2nc(C)c(C(=O)Nc3ccc(C(C)C)cc3)s2)cc1. The van der Waals surface area contributed by atoms with Crippen molar-refractivity contribution in [3.05, 3.63) is 70.2 Å². The summed E-state index contributed by atoms with van der Waals surface area (Å²) in [5.41, 5.74) is 3.29. The van der Waals surface area contributed by atoms with Crippen molar-refractivity contribution in [2.24, 2.45) is 0 Å². The highest BCUT2D eigenvalue weighted by Crippen LogP contribution is 2.26. The van der Waals surface area contributed by atoms with Gasteiger partial charge in [-0.15, -0.1) is 0 Å². The van der Waals surface area contributed by atoms with Gasteiger partial charge in [0.2, 0.25) is 0 Å². The number of amides is 1. The molecule has 152 valence electrons. The molecule has 1 heterocycles. The molecule has 0 spiro atoms. The number of hydrogen-bond donors (Lipinski definition) is 2. The Labute approximate surface area is 175 Å². The molecule has 0 unspecified atom stereocenters. The number of rotatable bonds is 6. The van der Waals surface area contributed by atoms with Crippen LogP contribution in [0.15, 0.2) is 53.4 Å². The summed E-state index contributed by atoms with van der Waals surface area (Å²) < 4.78 is 27.5. The van der Waals surface area contributed by atoms with Gasteiger partial charge in [-0.3, -0.25) is 9.52 Å². The number of anilines is 2. The Bertz CT molecular complexity index is 1120. The zero-order chi connectivity index (χ0) is 21.2. The third kappa shape index (κ3) is 5.02. The van der Waals surface area contributed by atoms with Crippen LogP contribution in [0.5, 0.6) is 0 Å². The van der Waals surface area contributed by atoms with E-state index in [4.69, 9.17) is 0 Å². The van der Waals surface area contributed by atoms with Crippen LogP contribution in [0.4, 0.5) is 10.8 Å². The first-order valence-electron chi connectivity index (χ1n) is 9.14. The molecule has 0 radical (unpaired) electrons. The van der Waals surface area contributed by atoms with Gasteiger partial charge in [-0.25, -0.2) is 13.4 Å². The summed E-state index contributed by atoms with van der Waals surface area (Å²) in [7, 11) is -3.76. The molecule has 2 aromatic carbocycles. The molecule has 3 aromatic rings. The smallest absolute Gasteiger partial charge is 0.267 e. The van der Waals surface area contributed by atoms with Crippen molar-refractivity contribution >= 4 is 38.1 Å². The average molecular weight is 430 g/mol. The molecular weight excluding hydrogens is 406 g/mol. The molecule has 8 heteroatoms. The second-order valence-electron chi connectivity index (χ2n) is 7.08. The maximum Gasteiger partial charge on any atom is 0.267 e. The Morgan fingerprint density at radius 2 is 1.62 bits per heavy atom. The zero-order valence-corrected chi connectivity index (χ0v) is 18.3. The lowest BCUT2D eigenvalue weighted by molar-refractivity contribution is 0.103. The number of benzene rings is 2. The fourth-order valence-electron chi connectivity index (χ4n) is 2.68. The van der Waals surface area contributed by atoms with Crippen LogP contribution in [0, 0.1) is 13.8 Å². The number of nitrogens with zero attached hydrogens (tertiary/aromatic N) is 1. The molecule has 0 atom stereocenters. The maximum atomic E-state index is 12.6. The topological polar surface area (TPSA) is 88.2 Å². The van der Waals surface area contributed by atoms with Crippen LogP contribution in [0.1, 0.15) is 46.3 Å².